The molecule has 0 unspecified atom stereocenters. The average Bonchev–Trinajstić information content (AvgIpc) is 2.14. The Morgan fingerprint density at radius 2 is 2.15 bits per heavy atom. The van der Waals surface area contributed by atoms with Gasteiger partial charge in [0.25, 0.3) is 0 Å². The zero-order valence-corrected chi connectivity index (χ0v) is 7.57. The third-order valence-corrected chi connectivity index (χ3v) is 1.47. The van der Waals surface area contributed by atoms with E-state index in [-0.39, 0.29) is 0 Å². The van der Waals surface area contributed by atoms with Gasteiger partial charge in [-0.15, -0.1) is 0 Å². The molecule has 3 nitrogen and oxygen atoms in total. The van der Waals surface area contributed by atoms with Gasteiger partial charge in [-0.3, -0.25) is 0 Å². The number of hydrogen-bond acceptors (Lipinski definition) is 3. The molecule has 1 rings (SSSR count). The van der Waals surface area contributed by atoms with Gasteiger partial charge in [-0.2, -0.15) is 0 Å². The lowest BCUT2D eigenvalue weighted by molar-refractivity contribution is 0.953. The Labute approximate surface area is 77.6 Å². The molecule has 0 aromatic carbocycles. The Hall–Kier alpha value is -1.77. The highest BCUT2D eigenvalue weighted by atomic mass is 15.0. The number of nitrogens with zero attached hydrogens (tertiary/aromatic N) is 3. The normalized spacial score (nSPS) is 11.0. The Balaban J connectivity index is 3.12. The van der Waals surface area contributed by atoms with E-state index in [1.807, 2.05) is 13.0 Å². The van der Waals surface area contributed by atoms with E-state index in [2.05, 4.69) is 28.1 Å². The third kappa shape index (κ3) is 2.33. The predicted octanol–water partition coefficient (Wildman–Crippen LogP) is 1.94. The van der Waals surface area contributed by atoms with Crippen LogP contribution in [0.3, 0.4) is 0 Å². The molecule has 0 amide bonds. The van der Waals surface area contributed by atoms with E-state index in [0.717, 1.165) is 5.57 Å². The molecule has 0 aliphatic carbocycles. The molecule has 3 heteroatoms. The molecule has 13 heavy (non-hydrogen) atoms. The first-order valence-corrected chi connectivity index (χ1v) is 3.89. The van der Waals surface area contributed by atoms with Gasteiger partial charge in [-0.1, -0.05) is 31.4 Å². The lowest BCUT2D eigenvalue weighted by atomic mass is 10.2. The van der Waals surface area contributed by atoms with Gasteiger partial charge in [0, 0.05) is 5.57 Å². The van der Waals surface area contributed by atoms with E-state index >= 15 is 0 Å². The molecule has 0 atom stereocenters. The summed E-state index contributed by atoms with van der Waals surface area (Å²) in [6, 6.07) is 0. The fourth-order valence-corrected chi connectivity index (χ4v) is 0.878. The van der Waals surface area contributed by atoms with Crippen LogP contribution in [0.1, 0.15) is 11.6 Å². The molecule has 0 fully saturated rings. The summed E-state index contributed by atoms with van der Waals surface area (Å²) < 4.78 is 0. The van der Waals surface area contributed by atoms with Crippen molar-refractivity contribution in [2.75, 3.05) is 0 Å². The number of allylic oxidation sites excluding steroid dienone is 4. The van der Waals surface area contributed by atoms with Crippen LogP contribution in [-0.4, -0.2) is 15.0 Å². The Bertz CT molecular complexity index is 353. The van der Waals surface area contributed by atoms with E-state index in [4.69, 9.17) is 0 Å². The topological polar surface area (TPSA) is 38.7 Å². The van der Waals surface area contributed by atoms with Crippen LogP contribution in [0, 0.1) is 6.92 Å². The minimum absolute atomic E-state index is 0.627. The van der Waals surface area contributed by atoms with Crippen LogP contribution in [-0.2, 0) is 0 Å². The minimum atomic E-state index is 0.627. The van der Waals surface area contributed by atoms with Gasteiger partial charge >= 0.3 is 0 Å². The summed E-state index contributed by atoms with van der Waals surface area (Å²) in [7, 11) is 0. The zero-order valence-electron chi connectivity index (χ0n) is 7.57. The lowest BCUT2D eigenvalue weighted by Crippen LogP contribution is -1.96. The molecule has 66 valence electrons. The second-order valence-electron chi connectivity index (χ2n) is 2.42. The smallest absolute Gasteiger partial charge is 0.162 e. The van der Waals surface area contributed by atoms with Crippen LogP contribution < -0.4 is 0 Å². The Morgan fingerprint density at radius 1 is 1.38 bits per heavy atom. The van der Waals surface area contributed by atoms with Crippen LogP contribution in [0.4, 0.5) is 0 Å². The van der Waals surface area contributed by atoms with Crippen molar-refractivity contribution in [2.24, 2.45) is 0 Å². The van der Waals surface area contributed by atoms with Crippen molar-refractivity contribution in [1.82, 2.24) is 15.0 Å². The van der Waals surface area contributed by atoms with E-state index in [9.17, 15) is 0 Å². The maximum atomic E-state index is 4.15. The third-order valence-electron chi connectivity index (χ3n) is 1.47. The zero-order chi connectivity index (χ0) is 9.68. The van der Waals surface area contributed by atoms with Crippen molar-refractivity contribution < 1.29 is 0 Å². The largest absolute Gasteiger partial charge is 0.222 e. The highest BCUT2D eigenvalue weighted by Gasteiger charge is 1.99. The van der Waals surface area contributed by atoms with Gasteiger partial charge in [0.05, 0.1) is 0 Å². The van der Waals surface area contributed by atoms with Crippen molar-refractivity contribution in [3.63, 3.8) is 0 Å². The van der Waals surface area contributed by atoms with Crippen LogP contribution >= 0.6 is 0 Å². The van der Waals surface area contributed by atoms with E-state index in [0.29, 0.717) is 11.6 Å². The van der Waals surface area contributed by atoms with Gasteiger partial charge in [0.2, 0.25) is 0 Å². The molecule has 0 spiro atoms. The second-order valence-corrected chi connectivity index (χ2v) is 2.42. The molecule has 1 aromatic heterocycles. The van der Waals surface area contributed by atoms with Crippen LogP contribution in [0.15, 0.2) is 37.7 Å². The standard InChI is InChI=1S/C10H11N3/c1-4-6-9(5-2)10-12-7-11-8(3)13-10/h4-7H,1-2H2,3H3/b9-6+. The van der Waals surface area contributed by atoms with Crippen molar-refractivity contribution in [2.45, 2.75) is 6.92 Å². The Morgan fingerprint density at radius 3 is 2.69 bits per heavy atom. The van der Waals surface area contributed by atoms with Crippen molar-refractivity contribution >= 4 is 5.57 Å². The van der Waals surface area contributed by atoms with E-state index in [1.54, 1.807) is 12.2 Å². The van der Waals surface area contributed by atoms with Crippen molar-refractivity contribution in [1.29, 1.82) is 0 Å². The van der Waals surface area contributed by atoms with Crippen molar-refractivity contribution in [3.05, 3.63) is 49.4 Å². The summed E-state index contributed by atoms with van der Waals surface area (Å²) >= 11 is 0. The van der Waals surface area contributed by atoms with E-state index < -0.39 is 0 Å². The highest BCUT2D eigenvalue weighted by molar-refractivity contribution is 5.69. The highest BCUT2D eigenvalue weighted by Crippen LogP contribution is 2.08. The Kier molecular flexibility index (Phi) is 3.09. The first kappa shape index (κ1) is 9.32. The predicted molar refractivity (Wildman–Crippen MR) is 52.9 cm³/mol. The molecular formula is C10H11N3. The molecule has 0 radical (unpaired) electrons. The fourth-order valence-electron chi connectivity index (χ4n) is 0.878. The summed E-state index contributed by atoms with van der Waals surface area (Å²) in [5, 5.41) is 0. The number of hydrogen-bond donors (Lipinski definition) is 0. The number of aromatic nitrogens is 3. The van der Waals surface area contributed by atoms with Crippen LogP contribution in [0.25, 0.3) is 5.57 Å². The summed E-state index contributed by atoms with van der Waals surface area (Å²) in [5.74, 6) is 1.32. The summed E-state index contributed by atoms with van der Waals surface area (Å²) in [4.78, 5) is 12.1. The van der Waals surface area contributed by atoms with Gasteiger partial charge in [-0.25, -0.2) is 15.0 Å². The quantitative estimate of drug-likeness (QED) is 0.655. The minimum Gasteiger partial charge on any atom is -0.222 e. The lowest BCUT2D eigenvalue weighted by Gasteiger charge is -1.98. The molecule has 1 heterocycles. The molecule has 1 aromatic rings. The molecular weight excluding hydrogens is 162 g/mol. The first-order valence-electron chi connectivity index (χ1n) is 3.89. The average molecular weight is 173 g/mol. The van der Waals surface area contributed by atoms with Crippen LogP contribution in [0.2, 0.25) is 0 Å². The molecule has 0 bridgehead atoms. The monoisotopic (exact) mass is 173 g/mol. The van der Waals surface area contributed by atoms with Gasteiger partial charge in [0.15, 0.2) is 5.82 Å². The fraction of sp³-hybridized carbons (Fsp3) is 0.100. The second kappa shape index (κ2) is 4.30. The number of rotatable bonds is 3. The van der Waals surface area contributed by atoms with Crippen LogP contribution in [0.5, 0.6) is 0 Å². The summed E-state index contributed by atoms with van der Waals surface area (Å²) in [6.07, 6.45) is 6.66. The van der Waals surface area contributed by atoms with Gasteiger partial charge in [0.1, 0.15) is 12.2 Å². The molecule has 0 N–H and O–H groups in total. The first-order chi connectivity index (χ1) is 6.27. The number of aryl methyl sites for hydroxylation is 1. The summed E-state index contributed by atoms with van der Waals surface area (Å²) in [6.45, 7) is 9.09. The maximum Gasteiger partial charge on any atom is 0.162 e. The maximum absolute atomic E-state index is 4.15. The summed E-state index contributed by atoms with van der Waals surface area (Å²) in [5.41, 5.74) is 0.848. The van der Waals surface area contributed by atoms with Gasteiger partial charge in [-0.05, 0) is 6.92 Å². The van der Waals surface area contributed by atoms with Crippen molar-refractivity contribution in [3.8, 4) is 0 Å². The molecule has 0 saturated carbocycles. The molecule has 0 saturated heterocycles. The van der Waals surface area contributed by atoms with Gasteiger partial charge < -0.3 is 0 Å². The molecule has 0 aliphatic rings. The molecule has 0 aliphatic heterocycles. The SMILES string of the molecule is C=C/C=C(\C=C)c1ncnc(C)n1. The van der Waals surface area contributed by atoms with E-state index in [1.165, 1.54) is 6.33 Å².